The van der Waals surface area contributed by atoms with Crippen LogP contribution in [0, 0.1) is 0 Å². The maximum Gasteiger partial charge on any atom is 0.240 e. The summed E-state index contributed by atoms with van der Waals surface area (Å²) < 4.78 is 48.8. The molecule has 0 aliphatic carbocycles. The molecule has 0 bridgehead atoms. The first-order valence-corrected chi connectivity index (χ1v) is 9.67. The Balaban J connectivity index is 2.83. The number of sulfone groups is 1. The van der Waals surface area contributed by atoms with Gasteiger partial charge in [-0.3, -0.25) is 0 Å². The summed E-state index contributed by atoms with van der Waals surface area (Å²) in [6, 6.07) is 5.69. The molecule has 20 heavy (non-hydrogen) atoms. The highest BCUT2D eigenvalue weighted by atomic mass is 32.2. The molecule has 0 heterocycles. The van der Waals surface area contributed by atoms with Gasteiger partial charge in [-0.15, -0.1) is 0 Å². The van der Waals surface area contributed by atoms with Crippen molar-refractivity contribution in [1.82, 2.24) is 4.72 Å². The molecule has 1 aromatic carbocycles. The van der Waals surface area contributed by atoms with Gasteiger partial charge in [-0.2, -0.15) is 0 Å². The summed E-state index contributed by atoms with van der Waals surface area (Å²) in [6.07, 6.45) is 1.75. The maximum atomic E-state index is 12.1. The third-order valence-electron chi connectivity index (χ3n) is 2.58. The van der Waals surface area contributed by atoms with Gasteiger partial charge < -0.3 is 5.73 Å². The number of sulfonamides is 1. The number of nitrogens with one attached hydrogen (secondary N) is 1. The van der Waals surface area contributed by atoms with Crippen molar-refractivity contribution in [2.24, 2.45) is 5.73 Å². The van der Waals surface area contributed by atoms with E-state index in [2.05, 4.69) is 4.72 Å². The monoisotopic (exact) mass is 320 g/mol. The van der Waals surface area contributed by atoms with E-state index in [1.54, 1.807) is 12.1 Å². The molecule has 0 amide bonds. The Kier molecular flexibility index (Phi) is 5.69. The summed E-state index contributed by atoms with van der Waals surface area (Å²) in [5.41, 5.74) is 6.38. The molecule has 0 aromatic heterocycles. The van der Waals surface area contributed by atoms with Crippen LogP contribution in [0.5, 0.6) is 0 Å². The largest absolute Gasteiger partial charge is 0.330 e. The highest BCUT2D eigenvalue weighted by Crippen LogP contribution is 2.11. The Morgan fingerprint density at radius 1 is 1.15 bits per heavy atom. The van der Waals surface area contributed by atoms with Crippen LogP contribution in [0.3, 0.4) is 0 Å². The second-order valence-corrected chi connectivity index (χ2v) is 8.70. The molecule has 0 saturated heterocycles. The number of benzene rings is 1. The van der Waals surface area contributed by atoms with E-state index in [1.165, 1.54) is 19.1 Å². The summed E-state index contributed by atoms with van der Waals surface area (Å²) in [4.78, 5) is 0.110. The predicted octanol–water partition coefficient (Wildman–Crippen LogP) is -0.101. The average Bonchev–Trinajstić information content (AvgIpc) is 2.26. The molecule has 1 unspecified atom stereocenters. The van der Waals surface area contributed by atoms with Crippen LogP contribution in [0.4, 0.5) is 0 Å². The van der Waals surface area contributed by atoms with Crippen molar-refractivity contribution in [2.75, 3.05) is 18.6 Å². The molecule has 114 valence electrons. The smallest absolute Gasteiger partial charge is 0.240 e. The minimum Gasteiger partial charge on any atom is -0.330 e. The van der Waals surface area contributed by atoms with Crippen molar-refractivity contribution < 1.29 is 16.8 Å². The van der Waals surface area contributed by atoms with E-state index in [0.29, 0.717) is 13.0 Å². The average molecular weight is 320 g/mol. The molecule has 3 N–H and O–H groups in total. The van der Waals surface area contributed by atoms with Crippen LogP contribution < -0.4 is 10.5 Å². The molecule has 0 radical (unpaired) electrons. The van der Waals surface area contributed by atoms with Gasteiger partial charge in [0, 0.05) is 12.3 Å². The highest BCUT2D eigenvalue weighted by Gasteiger charge is 2.19. The topological polar surface area (TPSA) is 106 Å². The molecule has 1 atom stereocenters. The summed E-state index contributed by atoms with van der Waals surface area (Å²) in [5, 5.41) is 0. The number of hydrogen-bond acceptors (Lipinski definition) is 5. The molecule has 0 spiro atoms. The van der Waals surface area contributed by atoms with Gasteiger partial charge in [0.2, 0.25) is 10.0 Å². The molecule has 0 fully saturated rings. The van der Waals surface area contributed by atoms with E-state index in [4.69, 9.17) is 5.73 Å². The molecule has 0 aliphatic heterocycles. The summed E-state index contributed by atoms with van der Waals surface area (Å²) >= 11 is 0. The molecule has 1 rings (SSSR count). The van der Waals surface area contributed by atoms with Gasteiger partial charge in [-0.25, -0.2) is 21.6 Å². The fourth-order valence-corrected chi connectivity index (χ4v) is 4.16. The van der Waals surface area contributed by atoms with E-state index >= 15 is 0 Å². The van der Waals surface area contributed by atoms with Crippen LogP contribution >= 0.6 is 0 Å². The minimum absolute atomic E-state index is 0.110. The van der Waals surface area contributed by atoms with Crippen molar-refractivity contribution in [1.29, 1.82) is 0 Å². The van der Waals surface area contributed by atoms with E-state index in [0.717, 1.165) is 11.8 Å². The fraction of sp³-hybridized carbons (Fsp3) is 0.500. The van der Waals surface area contributed by atoms with Gasteiger partial charge in [0.15, 0.2) is 0 Å². The lowest BCUT2D eigenvalue weighted by Gasteiger charge is -2.13. The third-order valence-corrected chi connectivity index (χ3v) is 5.29. The molecule has 0 saturated carbocycles. The Hall–Kier alpha value is -0.960. The van der Waals surface area contributed by atoms with E-state index < -0.39 is 25.9 Å². The second-order valence-electron chi connectivity index (χ2n) is 4.80. The van der Waals surface area contributed by atoms with Gasteiger partial charge in [-0.05, 0) is 37.6 Å². The predicted molar refractivity (Wildman–Crippen MR) is 78.7 cm³/mol. The molecule has 6 nitrogen and oxygen atoms in total. The fourth-order valence-electron chi connectivity index (χ4n) is 1.82. The van der Waals surface area contributed by atoms with Crippen LogP contribution in [0.1, 0.15) is 12.5 Å². The van der Waals surface area contributed by atoms with Gasteiger partial charge in [0.05, 0.1) is 10.6 Å². The summed E-state index contributed by atoms with van der Waals surface area (Å²) in [5.74, 6) is -0.239. The zero-order valence-corrected chi connectivity index (χ0v) is 13.2. The van der Waals surface area contributed by atoms with E-state index in [9.17, 15) is 16.8 Å². The molecular weight excluding hydrogens is 300 g/mol. The third kappa shape index (κ3) is 5.58. The molecule has 1 aromatic rings. The van der Waals surface area contributed by atoms with Crippen LogP contribution in [0.15, 0.2) is 29.2 Å². The number of rotatable bonds is 7. The van der Waals surface area contributed by atoms with Crippen molar-refractivity contribution in [3.05, 3.63) is 29.8 Å². The van der Waals surface area contributed by atoms with Crippen molar-refractivity contribution in [3.8, 4) is 0 Å². The Labute approximate surface area is 120 Å². The molecule has 0 aliphatic rings. The lowest BCUT2D eigenvalue weighted by molar-refractivity contribution is 0.564. The Bertz CT molecular complexity index is 637. The van der Waals surface area contributed by atoms with E-state index in [1.807, 2.05) is 0 Å². The van der Waals surface area contributed by atoms with Crippen LogP contribution in [0.25, 0.3) is 0 Å². The van der Waals surface area contributed by atoms with Crippen LogP contribution in [-0.2, 0) is 26.3 Å². The summed E-state index contributed by atoms with van der Waals surface area (Å²) in [7, 11) is -6.94. The maximum absolute atomic E-state index is 12.1. The van der Waals surface area contributed by atoms with Crippen LogP contribution in [-0.4, -0.2) is 41.4 Å². The normalized spacial score (nSPS) is 14.2. The van der Waals surface area contributed by atoms with Gasteiger partial charge in [0.1, 0.15) is 9.84 Å². The minimum atomic E-state index is -3.71. The first-order valence-electron chi connectivity index (χ1n) is 6.13. The van der Waals surface area contributed by atoms with Crippen molar-refractivity contribution >= 4 is 19.9 Å². The first kappa shape index (κ1) is 17.1. The Morgan fingerprint density at radius 2 is 1.70 bits per heavy atom. The lowest BCUT2D eigenvalue weighted by Crippen LogP contribution is -2.37. The SMILES string of the molecule is CC(CS(C)(=O)=O)NS(=O)(=O)c1ccc(CCN)cc1. The van der Waals surface area contributed by atoms with Crippen LogP contribution in [0.2, 0.25) is 0 Å². The van der Waals surface area contributed by atoms with Crippen molar-refractivity contribution in [3.63, 3.8) is 0 Å². The van der Waals surface area contributed by atoms with E-state index in [-0.39, 0.29) is 10.6 Å². The number of nitrogens with two attached hydrogens (primary N) is 1. The quantitative estimate of drug-likeness (QED) is 0.729. The van der Waals surface area contributed by atoms with Gasteiger partial charge in [-0.1, -0.05) is 12.1 Å². The first-order chi connectivity index (χ1) is 9.14. The standard InChI is InChI=1S/C12H20N2O4S2/c1-10(9-19(2,15)16)14-20(17,18)12-5-3-11(4-6-12)7-8-13/h3-6,10,14H,7-9,13H2,1-2H3. The molecule has 8 heteroatoms. The number of hydrogen-bond donors (Lipinski definition) is 2. The Morgan fingerprint density at radius 3 is 2.15 bits per heavy atom. The zero-order chi connectivity index (χ0) is 15.4. The lowest BCUT2D eigenvalue weighted by atomic mass is 10.2. The van der Waals surface area contributed by atoms with Crippen molar-refractivity contribution in [2.45, 2.75) is 24.3 Å². The van der Waals surface area contributed by atoms with Gasteiger partial charge >= 0.3 is 0 Å². The summed E-state index contributed by atoms with van der Waals surface area (Å²) in [6.45, 7) is 2.01. The second kappa shape index (κ2) is 6.66. The molecular formula is C12H20N2O4S2. The zero-order valence-electron chi connectivity index (χ0n) is 11.5. The highest BCUT2D eigenvalue weighted by molar-refractivity contribution is 7.91. The van der Waals surface area contributed by atoms with Gasteiger partial charge in [0.25, 0.3) is 0 Å².